The van der Waals surface area contributed by atoms with Crippen LogP contribution in [0, 0.1) is 6.92 Å². The van der Waals surface area contributed by atoms with Crippen molar-refractivity contribution in [1.82, 2.24) is 5.32 Å². The Bertz CT molecular complexity index is 538. The normalized spacial score (nSPS) is 22.7. The first-order chi connectivity index (χ1) is 11.2. The van der Waals surface area contributed by atoms with Gasteiger partial charge >= 0.3 is 0 Å². The SMILES string of the molecule is Cc1cc(SC2CCCCC2)ccc1NC(=O)C1CNCCO1. The van der Waals surface area contributed by atoms with Gasteiger partial charge in [-0.2, -0.15) is 0 Å². The Balaban J connectivity index is 1.58. The summed E-state index contributed by atoms with van der Waals surface area (Å²) in [6, 6.07) is 6.34. The lowest BCUT2D eigenvalue weighted by Gasteiger charge is -2.23. The molecule has 1 aliphatic heterocycles. The highest BCUT2D eigenvalue weighted by molar-refractivity contribution is 8.00. The van der Waals surface area contributed by atoms with Gasteiger partial charge in [0.05, 0.1) is 6.61 Å². The first-order valence-corrected chi connectivity index (χ1v) is 9.51. The van der Waals surface area contributed by atoms with Crippen LogP contribution in [0.5, 0.6) is 0 Å². The van der Waals surface area contributed by atoms with Gasteiger partial charge in [-0.25, -0.2) is 0 Å². The van der Waals surface area contributed by atoms with Crippen molar-refractivity contribution in [2.45, 2.75) is 55.3 Å². The summed E-state index contributed by atoms with van der Waals surface area (Å²) < 4.78 is 5.50. The quantitative estimate of drug-likeness (QED) is 0.887. The predicted octanol–water partition coefficient (Wildman–Crippen LogP) is 3.35. The molecule has 126 valence electrons. The van der Waals surface area contributed by atoms with Crippen LogP contribution < -0.4 is 10.6 Å². The van der Waals surface area contributed by atoms with E-state index < -0.39 is 0 Å². The van der Waals surface area contributed by atoms with E-state index in [1.807, 2.05) is 17.8 Å². The number of amides is 1. The molecule has 5 heteroatoms. The average Bonchev–Trinajstić information content (AvgIpc) is 2.59. The fourth-order valence-corrected chi connectivity index (χ4v) is 4.52. The Kier molecular flexibility index (Phi) is 5.97. The molecule has 1 aliphatic carbocycles. The molecule has 0 radical (unpaired) electrons. The number of carbonyl (C=O) groups is 1. The molecule has 1 aromatic rings. The van der Waals surface area contributed by atoms with Crippen LogP contribution in [0.2, 0.25) is 0 Å². The molecule has 0 spiro atoms. The van der Waals surface area contributed by atoms with Crippen molar-refractivity contribution in [3.05, 3.63) is 23.8 Å². The zero-order valence-electron chi connectivity index (χ0n) is 13.8. The largest absolute Gasteiger partial charge is 0.366 e. The Morgan fingerprint density at radius 3 is 2.83 bits per heavy atom. The lowest BCUT2D eigenvalue weighted by Crippen LogP contribution is -2.45. The Morgan fingerprint density at radius 1 is 1.30 bits per heavy atom. The Hall–Kier alpha value is -1.04. The molecule has 4 nitrogen and oxygen atoms in total. The summed E-state index contributed by atoms with van der Waals surface area (Å²) in [5, 5.41) is 6.93. The number of thioether (sulfide) groups is 1. The molecule has 2 aliphatic rings. The number of aryl methyl sites for hydroxylation is 1. The molecule has 1 heterocycles. The molecule has 1 aromatic carbocycles. The molecular weight excluding hydrogens is 308 g/mol. The molecular formula is C18H26N2O2S. The van der Waals surface area contributed by atoms with Crippen LogP contribution in [-0.2, 0) is 9.53 Å². The minimum atomic E-state index is -0.389. The lowest BCUT2D eigenvalue weighted by atomic mass is 10.0. The van der Waals surface area contributed by atoms with E-state index in [0.717, 1.165) is 23.0 Å². The van der Waals surface area contributed by atoms with Crippen LogP contribution in [0.3, 0.4) is 0 Å². The number of nitrogens with one attached hydrogen (secondary N) is 2. The second-order valence-corrected chi connectivity index (χ2v) is 7.78. The lowest BCUT2D eigenvalue weighted by molar-refractivity contribution is -0.128. The molecule has 1 amide bonds. The third-order valence-corrected chi connectivity index (χ3v) is 5.86. The molecule has 2 N–H and O–H groups in total. The van der Waals surface area contributed by atoms with Gasteiger partial charge in [-0.3, -0.25) is 4.79 Å². The van der Waals surface area contributed by atoms with E-state index in [1.54, 1.807) is 0 Å². The van der Waals surface area contributed by atoms with Crippen LogP contribution in [0.25, 0.3) is 0 Å². The third-order valence-electron chi connectivity index (χ3n) is 4.53. The summed E-state index contributed by atoms with van der Waals surface area (Å²) in [6.07, 6.45) is 6.38. The van der Waals surface area contributed by atoms with E-state index in [2.05, 4.69) is 29.7 Å². The van der Waals surface area contributed by atoms with E-state index in [4.69, 9.17) is 4.74 Å². The number of hydrogen-bond acceptors (Lipinski definition) is 4. The molecule has 3 rings (SSSR count). The van der Waals surface area contributed by atoms with Crippen LogP contribution in [0.15, 0.2) is 23.1 Å². The maximum Gasteiger partial charge on any atom is 0.254 e. The van der Waals surface area contributed by atoms with Gasteiger partial charge in [-0.15, -0.1) is 11.8 Å². The monoisotopic (exact) mass is 334 g/mol. The zero-order valence-corrected chi connectivity index (χ0v) is 14.6. The van der Waals surface area contributed by atoms with Crippen molar-refractivity contribution in [1.29, 1.82) is 0 Å². The van der Waals surface area contributed by atoms with Crippen molar-refractivity contribution in [3.8, 4) is 0 Å². The number of benzene rings is 1. The molecule has 1 atom stereocenters. The van der Waals surface area contributed by atoms with Crippen molar-refractivity contribution < 1.29 is 9.53 Å². The van der Waals surface area contributed by atoms with Crippen molar-refractivity contribution in [2.75, 3.05) is 25.0 Å². The van der Waals surface area contributed by atoms with Crippen LogP contribution in [0.1, 0.15) is 37.7 Å². The van der Waals surface area contributed by atoms with Gasteiger partial charge in [-0.1, -0.05) is 19.3 Å². The second-order valence-electron chi connectivity index (χ2n) is 6.41. The van der Waals surface area contributed by atoms with Crippen LogP contribution in [-0.4, -0.2) is 37.0 Å². The fourth-order valence-electron chi connectivity index (χ4n) is 3.17. The Morgan fingerprint density at radius 2 is 2.13 bits per heavy atom. The molecule has 1 saturated heterocycles. The zero-order chi connectivity index (χ0) is 16.1. The van der Waals surface area contributed by atoms with Gasteiger partial charge in [0.25, 0.3) is 5.91 Å². The van der Waals surface area contributed by atoms with Crippen LogP contribution >= 0.6 is 11.8 Å². The molecule has 0 bridgehead atoms. The number of hydrogen-bond donors (Lipinski definition) is 2. The van der Waals surface area contributed by atoms with Gasteiger partial charge in [0.1, 0.15) is 6.10 Å². The highest BCUT2D eigenvalue weighted by Crippen LogP contribution is 2.34. The van der Waals surface area contributed by atoms with E-state index in [9.17, 15) is 4.79 Å². The molecule has 23 heavy (non-hydrogen) atoms. The summed E-state index contributed by atoms with van der Waals surface area (Å²) in [5.41, 5.74) is 2.00. The summed E-state index contributed by atoms with van der Waals surface area (Å²) in [6.45, 7) is 4.05. The van der Waals surface area contributed by atoms with Gasteiger partial charge in [0, 0.05) is 28.9 Å². The van der Waals surface area contributed by atoms with Gasteiger partial charge in [-0.05, 0) is 43.5 Å². The maximum absolute atomic E-state index is 12.2. The first-order valence-electron chi connectivity index (χ1n) is 8.63. The number of anilines is 1. The van der Waals surface area contributed by atoms with E-state index in [0.29, 0.717) is 13.2 Å². The predicted molar refractivity (Wildman–Crippen MR) is 95.1 cm³/mol. The summed E-state index contributed by atoms with van der Waals surface area (Å²) >= 11 is 1.99. The van der Waals surface area contributed by atoms with Crippen molar-refractivity contribution >= 4 is 23.4 Å². The number of morpholine rings is 1. The molecule has 1 saturated carbocycles. The Labute approximate surface area is 142 Å². The van der Waals surface area contributed by atoms with E-state index >= 15 is 0 Å². The molecule has 1 unspecified atom stereocenters. The van der Waals surface area contributed by atoms with Crippen LogP contribution in [0.4, 0.5) is 5.69 Å². The smallest absolute Gasteiger partial charge is 0.254 e. The highest BCUT2D eigenvalue weighted by Gasteiger charge is 2.22. The topological polar surface area (TPSA) is 50.4 Å². The van der Waals surface area contributed by atoms with E-state index in [-0.39, 0.29) is 12.0 Å². The summed E-state index contributed by atoms with van der Waals surface area (Å²) in [7, 11) is 0. The molecule has 2 fully saturated rings. The van der Waals surface area contributed by atoms with E-state index in [1.165, 1.54) is 37.0 Å². The average molecular weight is 334 g/mol. The van der Waals surface area contributed by atoms with Crippen molar-refractivity contribution in [2.24, 2.45) is 0 Å². The summed E-state index contributed by atoms with van der Waals surface area (Å²) in [4.78, 5) is 13.5. The highest BCUT2D eigenvalue weighted by atomic mass is 32.2. The maximum atomic E-state index is 12.2. The fraction of sp³-hybridized carbons (Fsp3) is 0.611. The molecule has 0 aromatic heterocycles. The minimum Gasteiger partial charge on any atom is -0.366 e. The number of rotatable bonds is 4. The number of ether oxygens (including phenoxy) is 1. The second kappa shape index (κ2) is 8.18. The van der Waals surface area contributed by atoms with Gasteiger partial charge in [0.2, 0.25) is 0 Å². The number of carbonyl (C=O) groups excluding carboxylic acids is 1. The first kappa shape index (κ1) is 16.8. The standard InChI is InChI=1S/C18H26N2O2S/c1-13-11-15(23-14-5-3-2-4-6-14)7-8-16(13)20-18(21)17-12-19-9-10-22-17/h7-8,11,14,17,19H,2-6,9-10,12H2,1H3,(H,20,21). The van der Waals surface area contributed by atoms with Crippen molar-refractivity contribution in [3.63, 3.8) is 0 Å². The summed E-state index contributed by atoms with van der Waals surface area (Å²) in [5.74, 6) is -0.0621. The minimum absolute atomic E-state index is 0.0621. The third kappa shape index (κ3) is 4.72. The van der Waals surface area contributed by atoms with Gasteiger partial charge < -0.3 is 15.4 Å². The van der Waals surface area contributed by atoms with Gasteiger partial charge in [0.15, 0.2) is 0 Å².